The lowest BCUT2D eigenvalue weighted by atomic mass is 10.2. The zero-order valence-corrected chi connectivity index (χ0v) is 15.4. The van der Waals surface area contributed by atoms with Gasteiger partial charge in [0.2, 0.25) is 0 Å². The Morgan fingerprint density at radius 3 is 2.63 bits per heavy atom. The number of fused-ring (bicyclic) bond motifs is 1. The predicted molar refractivity (Wildman–Crippen MR) is 98.1 cm³/mol. The van der Waals surface area contributed by atoms with Crippen LogP contribution < -0.4 is 14.2 Å². The average molecular weight is 371 g/mol. The fourth-order valence-corrected chi connectivity index (χ4v) is 2.45. The molecule has 3 rings (SSSR count). The second-order valence-corrected chi connectivity index (χ2v) is 6.08. The summed E-state index contributed by atoms with van der Waals surface area (Å²) >= 11 is 0. The summed E-state index contributed by atoms with van der Waals surface area (Å²) in [6.45, 7) is 3.66. The molecule has 0 aliphatic rings. The van der Waals surface area contributed by atoms with E-state index >= 15 is 0 Å². The van der Waals surface area contributed by atoms with Crippen LogP contribution in [0.1, 0.15) is 19.5 Å². The highest BCUT2D eigenvalue weighted by molar-refractivity contribution is 5.81. The molecule has 142 valence electrons. The van der Waals surface area contributed by atoms with Gasteiger partial charge in [-0.15, -0.1) is 0 Å². The van der Waals surface area contributed by atoms with Gasteiger partial charge in [-0.3, -0.25) is 0 Å². The molecule has 0 bridgehead atoms. The van der Waals surface area contributed by atoms with E-state index in [9.17, 15) is 4.79 Å². The van der Waals surface area contributed by atoms with E-state index in [0.29, 0.717) is 22.8 Å². The van der Waals surface area contributed by atoms with Crippen LogP contribution in [0.5, 0.6) is 17.2 Å². The number of aromatic nitrogens is 1. The molecule has 0 aliphatic heterocycles. The van der Waals surface area contributed by atoms with Gasteiger partial charge in [0.25, 0.3) is 0 Å². The fourth-order valence-electron chi connectivity index (χ4n) is 2.45. The van der Waals surface area contributed by atoms with E-state index in [2.05, 4.69) is 5.16 Å². The number of ether oxygens (including phenoxy) is 4. The molecule has 0 spiro atoms. The maximum absolute atomic E-state index is 11.6. The normalized spacial score (nSPS) is 10.8. The average Bonchev–Trinajstić information content (AvgIpc) is 3.06. The van der Waals surface area contributed by atoms with Gasteiger partial charge < -0.3 is 23.5 Å². The number of rotatable bonds is 8. The quantitative estimate of drug-likeness (QED) is 0.558. The molecule has 0 atom stereocenters. The van der Waals surface area contributed by atoms with Crippen molar-refractivity contribution in [3.8, 4) is 17.2 Å². The minimum Gasteiger partial charge on any atom is -0.497 e. The summed E-state index contributed by atoms with van der Waals surface area (Å²) < 4.78 is 26.7. The lowest BCUT2D eigenvalue weighted by Crippen LogP contribution is -2.18. The Morgan fingerprint density at radius 1 is 1.07 bits per heavy atom. The standard InChI is InChI=1S/C20H21NO6/c1-13(2)26-20(22)12-25-16-7-8-17-18(21-27-19(17)10-16)11-24-15-6-4-5-14(9-15)23-3/h4-10,13H,11-12H2,1-3H3. The molecule has 0 unspecified atom stereocenters. The zero-order valence-electron chi connectivity index (χ0n) is 15.4. The summed E-state index contributed by atoms with van der Waals surface area (Å²) in [5.41, 5.74) is 1.22. The van der Waals surface area contributed by atoms with E-state index in [1.165, 1.54) is 0 Å². The molecule has 0 fully saturated rings. The number of esters is 1. The number of hydrogen-bond donors (Lipinski definition) is 0. The van der Waals surface area contributed by atoms with Gasteiger partial charge in [0.05, 0.1) is 13.2 Å². The maximum atomic E-state index is 11.6. The summed E-state index contributed by atoms with van der Waals surface area (Å²) in [6, 6.07) is 12.6. The highest BCUT2D eigenvalue weighted by atomic mass is 16.6. The molecular weight excluding hydrogens is 350 g/mol. The van der Waals surface area contributed by atoms with Crippen LogP contribution >= 0.6 is 0 Å². The molecule has 7 nitrogen and oxygen atoms in total. The number of methoxy groups -OCH3 is 1. The largest absolute Gasteiger partial charge is 0.497 e. The van der Waals surface area contributed by atoms with Crippen molar-refractivity contribution < 1.29 is 28.3 Å². The van der Waals surface area contributed by atoms with Gasteiger partial charge >= 0.3 is 5.97 Å². The first kappa shape index (κ1) is 18.6. The molecule has 0 saturated heterocycles. The van der Waals surface area contributed by atoms with Crippen LogP contribution in [-0.4, -0.2) is 30.9 Å². The second-order valence-electron chi connectivity index (χ2n) is 6.08. The Balaban J connectivity index is 1.64. The van der Waals surface area contributed by atoms with Crippen molar-refractivity contribution in [2.75, 3.05) is 13.7 Å². The van der Waals surface area contributed by atoms with E-state index in [-0.39, 0.29) is 19.3 Å². The topological polar surface area (TPSA) is 80.0 Å². The van der Waals surface area contributed by atoms with Gasteiger partial charge in [-0.2, -0.15) is 0 Å². The van der Waals surface area contributed by atoms with Crippen molar-refractivity contribution in [1.29, 1.82) is 0 Å². The molecule has 1 heterocycles. The third-order valence-electron chi connectivity index (χ3n) is 3.66. The predicted octanol–water partition coefficient (Wildman–Crippen LogP) is 3.75. The molecule has 0 saturated carbocycles. The monoisotopic (exact) mass is 371 g/mol. The molecule has 7 heteroatoms. The molecule has 0 N–H and O–H groups in total. The van der Waals surface area contributed by atoms with Crippen molar-refractivity contribution >= 4 is 16.9 Å². The fraction of sp³-hybridized carbons (Fsp3) is 0.300. The van der Waals surface area contributed by atoms with Crippen molar-refractivity contribution in [3.05, 3.63) is 48.2 Å². The highest BCUT2D eigenvalue weighted by Crippen LogP contribution is 2.25. The highest BCUT2D eigenvalue weighted by Gasteiger charge is 2.12. The molecular formula is C20H21NO6. The Hall–Kier alpha value is -3.22. The van der Waals surface area contributed by atoms with E-state index in [1.807, 2.05) is 24.3 Å². The number of benzene rings is 2. The summed E-state index contributed by atoms with van der Waals surface area (Å²) in [6.07, 6.45) is -0.176. The number of carbonyl (C=O) groups excluding carboxylic acids is 1. The SMILES string of the molecule is COc1cccc(OCc2noc3cc(OCC(=O)OC(C)C)ccc23)c1. The van der Waals surface area contributed by atoms with E-state index in [0.717, 1.165) is 11.1 Å². The van der Waals surface area contributed by atoms with Crippen molar-refractivity contribution in [1.82, 2.24) is 5.16 Å². The lowest BCUT2D eigenvalue weighted by molar-refractivity contribution is -0.149. The smallest absolute Gasteiger partial charge is 0.344 e. The van der Waals surface area contributed by atoms with Gasteiger partial charge in [0.1, 0.15) is 29.5 Å². The summed E-state index contributed by atoms with van der Waals surface area (Å²) in [4.78, 5) is 11.6. The minimum absolute atomic E-state index is 0.163. The first-order chi connectivity index (χ1) is 13.0. The summed E-state index contributed by atoms with van der Waals surface area (Å²) in [7, 11) is 1.60. The lowest BCUT2D eigenvalue weighted by Gasteiger charge is -2.09. The Kier molecular flexibility index (Phi) is 5.80. The Bertz CT molecular complexity index is 918. The van der Waals surface area contributed by atoms with Crippen LogP contribution in [0.25, 0.3) is 11.0 Å². The summed E-state index contributed by atoms with van der Waals surface area (Å²) in [5, 5.41) is 4.87. The number of hydrogen-bond acceptors (Lipinski definition) is 7. The maximum Gasteiger partial charge on any atom is 0.344 e. The molecule has 1 aromatic heterocycles. The third kappa shape index (κ3) is 4.91. The van der Waals surface area contributed by atoms with Gasteiger partial charge in [-0.05, 0) is 38.1 Å². The van der Waals surface area contributed by atoms with Crippen LogP contribution in [0, 0.1) is 0 Å². The minimum atomic E-state index is -0.421. The van der Waals surface area contributed by atoms with E-state index in [4.69, 9.17) is 23.5 Å². The molecule has 3 aromatic rings. The van der Waals surface area contributed by atoms with Gasteiger partial charge in [-0.25, -0.2) is 4.79 Å². The van der Waals surface area contributed by atoms with Crippen LogP contribution in [-0.2, 0) is 16.1 Å². The molecule has 2 aromatic carbocycles. The van der Waals surface area contributed by atoms with Crippen molar-refractivity contribution in [3.63, 3.8) is 0 Å². The Labute approximate surface area is 156 Å². The van der Waals surface area contributed by atoms with Crippen LogP contribution in [0.3, 0.4) is 0 Å². The first-order valence-corrected chi connectivity index (χ1v) is 8.52. The second kappa shape index (κ2) is 8.44. The zero-order chi connectivity index (χ0) is 19.2. The van der Waals surface area contributed by atoms with Crippen LogP contribution in [0.15, 0.2) is 47.0 Å². The first-order valence-electron chi connectivity index (χ1n) is 8.52. The third-order valence-corrected chi connectivity index (χ3v) is 3.66. The van der Waals surface area contributed by atoms with Crippen LogP contribution in [0.2, 0.25) is 0 Å². The number of nitrogens with zero attached hydrogens (tertiary/aromatic N) is 1. The molecule has 27 heavy (non-hydrogen) atoms. The van der Waals surface area contributed by atoms with Gasteiger partial charge in [0.15, 0.2) is 12.2 Å². The van der Waals surface area contributed by atoms with E-state index in [1.54, 1.807) is 39.2 Å². The Morgan fingerprint density at radius 2 is 1.85 bits per heavy atom. The molecule has 0 radical (unpaired) electrons. The van der Waals surface area contributed by atoms with Crippen molar-refractivity contribution in [2.24, 2.45) is 0 Å². The summed E-state index contributed by atoms with van der Waals surface area (Å²) in [5.74, 6) is 1.47. The molecule has 0 aliphatic carbocycles. The molecule has 0 amide bonds. The van der Waals surface area contributed by atoms with E-state index < -0.39 is 5.97 Å². The van der Waals surface area contributed by atoms with Crippen molar-refractivity contribution in [2.45, 2.75) is 26.6 Å². The van der Waals surface area contributed by atoms with Gasteiger partial charge in [-0.1, -0.05) is 11.2 Å². The van der Waals surface area contributed by atoms with Crippen LogP contribution in [0.4, 0.5) is 0 Å². The number of carbonyl (C=O) groups is 1. The van der Waals surface area contributed by atoms with Gasteiger partial charge in [0, 0.05) is 17.5 Å².